The van der Waals surface area contributed by atoms with Crippen LogP contribution in [-0.4, -0.2) is 84.3 Å². The fourth-order valence-corrected chi connectivity index (χ4v) is 11.8. The fraction of sp³-hybridized carbons (Fsp3) is 0.878. The van der Waals surface area contributed by atoms with Crippen LogP contribution in [0.3, 0.4) is 0 Å². The van der Waals surface area contributed by atoms with Crippen LogP contribution in [0.25, 0.3) is 0 Å². The molecule has 2 aliphatic heterocycles. The van der Waals surface area contributed by atoms with Gasteiger partial charge in [-0.25, -0.2) is 0 Å². The van der Waals surface area contributed by atoms with Crippen molar-refractivity contribution >= 4 is 29.2 Å². The molecule has 0 aromatic carbocycles. The molecule has 2 saturated heterocycles. The zero-order chi connectivity index (χ0) is 36.1. The summed E-state index contributed by atoms with van der Waals surface area (Å²) in [6.45, 7) is 16.2. The van der Waals surface area contributed by atoms with E-state index < -0.39 is 35.0 Å². The van der Waals surface area contributed by atoms with E-state index in [1.54, 1.807) is 0 Å². The Hall–Kier alpha value is -2.13. The van der Waals surface area contributed by atoms with Crippen molar-refractivity contribution < 1.29 is 24.0 Å². The highest BCUT2D eigenvalue weighted by Gasteiger charge is 2.85. The maximum atomic E-state index is 15.0. The number of hydrogen-bond donors (Lipinski definition) is 2. The van der Waals surface area contributed by atoms with Crippen LogP contribution in [0.1, 0.15) is 137 Å². The molecule has 0 radical (unpaired) electrons. The van der Waals surface area contributed by atoms with E-state index in [4.69, 9.17) is 5.73 Å². The Bertz CT molecular complexity index is 1330. The molecule has 2 spiro atoms. The van der Waals surface area contributed by atoms with Crippen LogP contribution in [0.4, 0.5) is 0 Å². The molecular weight excluding hydrogens is 628 g/mol. The molecule has 9 nitrogen and oxygen atoms in total. The molecule has 4 saturated carbocycles. The summed E-state index contributed by atoms with van der Waals surface area (Å²) in [5.41, 5.74) is 4.97. The van der Waals surface area contributed by atoms with Crippen LogP contribution in [0.15, 0.2) is 0 Å². The molecule has 50 heavy (non-hydrogen) atoms. The molecule has 6 aliphatic rings. The second-order valence-corrected chi connectivity index (χ2v) is 19.4. The van der Waals surface area contributed by atoms with E-state index in [9.17, 15) is 19.2 Å². The molecule has 0 aromatic rings. The third kappa shape index (κ3) is 6.76. The van der Waals surface area contributed by atoms with Crippen molar-refractivity contribution in [1.29, 1.82) is 0 Å². The third-order valence-corrected chi connectivity index (χ3v) is 15.4. The molecule has 3 N–H and O–H groups in total. The van der Waals surface area contributed by atoms with E-state index in [1.165, 1.54) is 12.8 Å². The van der Waals surface area contributed by atoms with E-state index >= 15 is 4.79 Å². The Morgan fingerprint density at radius 2 is 1.52 bits per heavy atom. The highest BCUT2D eigenvalue weighted by Crippen LogP contribution is 2.88. The van der Waals surface area contributed by atoms with Crippen molar-refractivity contribution in [3.8, 4) is 0 Å². The summed E-state index contributed by atoms with van der Waals surface area (Å²) in [7, 11) is 0. The number of piperazine rings is 1. The molecule has 6 rings (SSSR count). The summed E-state index contributed by atoms with van der Waals surface area (Å²) in [6.07, 6.45) is 13.9. The van der Waals surface area contributed by atoms with Crippen molar-refractivity contribution in [2.24, 2.45) is 50.6 Å². The molecule has 9 heteroatoms. The standard InChI is InChI=1S/C41H66N4O5/c1-37(2,3)31(23-30(46)24-39(13-7-6-8-14-39)26-44-19-17-43-18-20-44)36(50)45-27-41(38(4,5)40(41)15-10-16-40)25-32(45)33(47)22-29(34(48)35(42)49)21-28-11-9-12-28/h28-29,31-32,43H,6-27H2,1-5H3,(H2,42,49)/t29?,31-,32+,41-/m1/s1. The average Bonchev–Trinajstić information content (AvgIpc) is 3.23. The lowest BCUT2D eigenvalue weighted by atomic mass is 9.68. The number of ketones is 3. The molecule has 280 valence electrons. The zero-order valence-electron chi connectivity index (χ0n) is 31.9. The van der Waals surface area contributed by atoms with Gasteiger partial charge in [-0.1, -0.05) is 79.6 Å². The molecule has 4 atom stereocenters. The molecule has 2 heterocycles. The molecular formula is C41H66N4O5. The Kier molecular flexibility index (Phi) is 10.5. The van der Waals surface area contributed by atoms with Crippen LogP contribution in [0.5, 0.6) is 0 Å². The number of nitrogens with one attached hydrogen (secondary N) is 1. The highest BCUT2D eigenvalue weighted by atomic mass is 16.2. The van der Waals surface area contributed by atoms with Crippen LogP contribution < -0.4 is 11.1 Å². The summed E-state index contributed by atoms with van der Waals surface area (Å²) in [5, 5.41) is 3.45. The van der Waals surface area contributed by atoms with Gasteiger partial charge in [-0.3, -0.25) is 24.0 Å². The minimum absolute atomic E-state index is 0.00453. The average molecular weight is 695 g/mol. The van der Waals surface area contributed by atoms with Gasteiger partial charge in [0.25, 0.3) is 5.91 Å². The van der Waals surface area contributed by atoms with Gasteiger partial charge in [0, 0.05) is 75.8 Å². The molecule has 0 aromatic heterocycles. The number of Topliss-reactive ketones (excluding diaryl/α,β-unsaturated/α-hetero) is 3. The lowest BCUT2D eigenvalue weighted by Crippen LogP contribution is -2.50. The smallest absolute Gasteiger partial charge is 0.285 e. The molecule has 6 fully saturated rings. The SMILES string of the molecule is CC(C)(C)[C@H](CC(=O)CC1(CN2CCNCC2)CCCCC1)C(=O)N1C[C@]2(C[C@H]1C(=O)CC(CC1CCC1)C(=O)C(N)=O)C(C)(C)C21CCC1. The number of amides is 2. The molecule has 4 aliphatic carbocycles. The van der Waals surface area contributed by atoms with Gasteiger partial charge >= 0.3 is 0 Å². The predicted molar refractivity (Wildman–Crippen MR) is 194 cm³/mol. The van der Waals surface area contributed by atoms with Gasteiger partial charge in [-0.2, -0.15) is 0 Å². The summed E-state index contributed by atoms with van der Waals surface area (Å²) in [5.74, 6) is -2.62. The summed E-state index contributed by atoms with van der Waals surface area (Å²) < 4.78 is 0. The number of rotatable bonds is 14. The number of fused-ring (bicyclic) bond motifs is 1. The van der Waals surface area contributed by atoms with E-state index in [-0.39, 0.29) is 52.0 Å². The second kappa shape index (κ2) is 14.0. The highest BCUT2D eigenvalue weighted by molar-refractivity contribution is 6.36. The minimum Gasteiger partial charge on any atom is -0.363 e. The summed E-state index contributed by atoms with van der Waals surface area (Å²) in [4.78, 5) is 73.1. The Labute approximate surface area is 301 Å². The fourth-order valence-electron chi connectivity index (χ4n) is 11.8. The largest absolute Gasteiger partial charge is 0.363 e. The molecule has 2 amide bonds. The van der Waals surface area contributed by atoms with Crippen molar-refractivity contribution in [2.45, 2.75) is 143 Å². The first-order valence-electron chi connectivity index (χ1n) is 20.2. The van der Waals surface area contributed by atoms with Crippen molar-refractivity contribution in [1.82, 2.24) is 15.1 Å². The van der Waals surface area contributed by atoms with Gasteiger partial charge < -0.3 is 20.9 Å². The summed E-state index contributed by atoms with van der Waals surface area (Å²) in [6, 6.07) is -0.649. The number of hydrogen-bond acceptors (Lipinski definition) is 7. The van der Waals surface area contributed by atoms with E-state index in [2.05, 4.69) is 44.8 Å². The number of nitrogens with zero attached hydrogens (tertiary/aromatic N) is 2. The Morgan fingerprint density at radius 1 is 0.860 bits per heavy atom. The number of primary amides is 1. The van der Waals surface area contributed by atoms with Crippen molar-refractivity contribution in [3.63, 3.8) is 0 Å². The van der Waals surface area contributed by atoms with E-state index in [0.717, 1.165) is 90.5 Å². The Morgan fingerprint density at radius 3 is 2.04 bits per heavy atom. The van der Waals surface area contributed by atoms with Gasteiger partial charge in [0.05, 0.1) is 6.04 Å². The normalized spacial score (nSPS) is 29.9. The lowest BCUT2D eigenvalue weighted by molar-refractivity contribution is -0.147. The number of nitrogens with two attached hydrogens (primary N) is 1. The van der Waals surface area contributed by atoms with Crippen LogP contribution in [0, 0.1) is 44.8 Å². The topological polar surface area (TPSA) is 130 Å². The molecule has 0 bridgehead atoms. The number of carbonyl (C=O) groups excluding carboxylic acids is 5. The number of likely N-dealkylation sites (tertiary alicyclic amines) is 1. The second-order valence-electron chi connectivity index (χ2n) is 19.4. The van der Waals surface area contributed by atoms with Gasteiger partial charge in [-0.15, -0.1) is 0 Å². The van der Waals surface area contributed by atoms with Gasteiger partial charge in [0.1, 0.15) is 5.78 Å². The first kappa shape index (κ1) is 37.6. The minimum atomic E-state index is -0.978. The van der Waals surface area contributed by atoms with Crippen LogP contribution >= 0.6 is 0 Å². The maximum absolute atomic E-state index is 15.0. The monoisotopic (exact) mass is 695 g/mol. The third-order valence-electron chi connectivity index (χ3n) is 15.4. The van der Waals surface area contributed by atoms with Crippen molar-refractivity contribution in [3.05, 3.63) is 0 Å². The quantitative estimate of drug-likeness (QED) is 0.231. The summed E-state index contributed by atoms with van der Waals surface area (Å²) >= 11 is 0. The zero-order valence-corrected chi connectivity index (χ0v) is 31.9. The first-order chi connectivity index (χ1) is 23.5. The lowest BCUT2D eigenvalue weighted by Gasteiger charge is -2.42. The molecule has 1 unspecified atom stereocenters. The Balaban J connectivity index is 1.23. The van der Waals surface area contributed by atoms with Crippen LogP contribution in [-0.2, 0) is 24.0 Å². The first-order valence-corrected chi connectivity index (χ1v) is 20.2. The predicted octanol–water partition coefficient (Wildman–Crippen LogP) is 5.47. The van der Waals surface area contributed by atoms with Gasteiger partial charge in [-0.05, 0) is 66.1 Å². The van der Waals surface area contributed by atoms with E-state index in [0.29, 0.717) is 31.7 Å². The number of carbonyl (C=O) groups is 5. The van der Waals surface area contributed by atoms with Crippen molar-refractivity contribution in [2.75, 3.05) is 39.3 Å². The van der Waals surface area contributed by atoms with Gasteiger partial charge in [0.15, 0.2) is 5.78 Å². The van der Waals surface area contributed by atoms with E-state index in [1.807, 2.05) is 4.90 Å². The van der Waals surface area contributed by atoms with Crippen LogP contribution in [0.2, 0.25) is 0 Å². The van der Waals surface area contributed by atoms with Gasteiger partial charge in [0.2, 0.25) is 11.7 Å². The maximum Gasteiger partial charge on any atom is 0.285 e.